The number of thioether (sulfide) groups is 1. The van der Waals surface area contributed by atoms with E-state index in [-0.39, 0.29) is 10.2 Å². The smallest absolute Gasteiger partial charge is 0.154 e. The third-order valence-electron chi connectivity index (χ3n) is 5.02. The monoisotopic (exact) mass is 350 g/mol. The molecule has 0 spiro atoms. The molecule has 1 aliphatic rings. The summed E-state index contributed by atoms with van der Waals surface area (Å²) >= 11 is 1.90. The molecule has 4 heteroatoms. The molecular weight excluding hydrogens is 316 g/mol. The first-order chi connectivity index (χ1) is 11.1. The largest absolute Gasteiger partial charge is 0.298 e. The standard InChI is InChI=1S/C20H34N2OS/c1-19(2,3)17-13-15(22(6)21-17)14-18(23)20(4,5)24-16-11-9-7-8-10-12-16/h13,16H,7-12,14H2,1-6H3. The number of aromatic nitrogens is 2. The fourth-order valence-electron chi connectivity index (χ4n) is 3.26. The Hall–Kier alpha value is -0.770. The van der Waals surface area contributed by atoms with Crippen LogP contribution in [0.15, 0.2) is 6.07 Å². The van der Waals surface area contributed by atoms with Crippen molar-refractivity contribution >= 4 is 17.5 Å². The van der Waals surface area contributed by atoms with Gasteiger partial charge >= 0.3 is 0 Å². The van der Waals surface area contributed by atoms with Crippen LogP contribution in [0, 0.1) is 0 Å². The number of carbonyl (C=O) groups excluding carboxylic acids is 1. The molecule has 0 radical (unpaired) electrons. The Morgan fingerprint density at radius 3 is 2.25 bits per heavy atom. The zero-order valence-corrected chi connectivity index (χ0v) is 17.1. The molecule has 0 aromatic carbocycles. The SMILES string of the molecule is Cn1nc(C(C)(C)C)cc1CC(=O)C(C)(C)SC1CCCCCC1. The molecule has 1 aromatic rings. The molecule has 1 heterocycles. The van der Waals surface area contributed by atoms with Crippen LogP contribution in [0.2, 0.25) is 0 Å². The zero-order valence-electron chi connectivity index (χ0n) is 16.3. The van der Waals surface area contributed by atoms with Crippen molar-refractivity contribution in [2.24, 2.45) is 7.05 Å². The van der Waals surface area contributed by atoms with Gasteiger partial charge in [-0.15, -0.1) is 11.8 Å². The topological polar surface area (TPSA) is 34.9 Å². The Bertz CT molecular complexity index is 561. The Morgan fingerprint density at radius 1 is 1.17 bits per heavy atom. The van der Waals surface area contributed by atoms with Crippen molar-refractivity contribution in [3.05, 3.63) is 17.5 Å². The van der Waals surface area contributed by atoms with E-state index in [4.69, 9.17) is 0 Å². The molecular formula is C20H34N2OS. The van der Waals surface area contributed by atoms with Gasteiger partial charge in [0.25, 0.3) is 0 Å². The van der Waals surface area contributed by atoms with E-state index in [0.717, 1.165) is 11.4 Å². The van der Waals surface area contributed by atoms with E-state index in [0.29, 0.717) is 17.5 Å². The summed E-state index contributed by atoms with van der Waals surface area (Å²) in [7, 11) is 1.95. The van der Waals surface area contributed by atoms with Gasteiger partial charge in [-0.3, -0.25) is 9.48 Å². The molecule has 0 bridgehead atoms. The minimum Gasteiger partial charge on any atom is -0.298 e. The number of ketones is 1. The molecule has 3 nitrogen and oxygen atoms in total. The van der Waals surface area contributed by atoms with Crippen LogP contribution in [0.25, 0.3) is 0 Å². The molecule has 0 N–H and O–H groups in total. The first-order valence-electron chi connectivity index (χ1n) is 9.34. The van der Waals surface area contributed by atoms with Crippen molar-refractivity contribution in [2.45, 2.75) is 95.0 Å². The van der Waals surface area contributed by atoms with E-state index in [1.54, 1.807) is 0 Å². The Morgan fingerprint density at radius 2 is 1.75 bits per heavy atom. The number of carbonyl (C=O) groups is 1. The maximum Gasteiger partial charge on any atom is 0.154 e. The number of Topliss-reactive ketones (excluding diaryl/α,β-unsaturated/α-hetero) is 1. The molecule has 1 aliphatic carbocycles. The summed E-state index contributed by atoms with van der Waals surface area (Å²) in [4.78, 5) is 12.9. The van der Waals surface area contributed by atoms with Gasteiger partial charge in [0, 0.05) is 29.8 Å². The molecule has 1 aromatic heterocycles. The highest BCUT2D eigenvalue weighted by Crippen LogP contribution is 2.37. The van der Waals surface area contributed by atoms with Gasteiger partial charge in [0.15, 0.2) is 5.78 Å². The lowest BCUT2D eigenvalue weighted by atomic mass is 9.92. The van der Waals surface area contributed by atoms with Gasteiger partial charge in [-0.25, -0.2) is 0 Å². The second-order valence-corrected chi connectivity index (χ2v) is 10.7. The van der Waals surface area contributed by atoms with Crippen LogP contribution in [-0.4, -0.2) is 25.6 Å². The van der Waals surface area contributed by atoms with Gasteiger partial charge in [0.2, 0.25) is 0 Å². The second kappa shape index (κ2) is 7.63. The molecule has 1 saturated carbocycles. The summed E-state index contributed by atoms with van der Waals surface area (Å²) in [5, 5.41) is 5.24. The highest BCUT2D eigenvalue weighted by Gasteiger charge is 2.32. The van der Waals surface area contributed by atoms with Crippen LogP contribution in [0.1, 0.15) is 84.5 Å². The van der Waals surface area contributed by atoms with Gasteiger partial charge in [-0.05, 0) is 32.8 Å². The fourth-order valence-corrected chi connectivity index (χ4v) is 4.86. The first kappa shape index (κ1) is 19.6. The predicted molar refractivity (Wildman–Crippen MR) is 104 cm³/mol. The van der Waals surface area contributed by atoms with Crippen LogP contribution in [-0.2, 0) is 23.7 Å². The quantitative estimate of drug-likeness (QED) is 0.696. The average Bonchev–Trinajstić information content (AvgIpc) is 2.68. The van der Waals surface area contributed by atoms with E-state index in [1.165, 1.54) is 38.5 Å². The van der Waals surface area contributed by atoms with Crippen molar-refractivity contribution in [1.82, 2.24) is 9.78 Å². The van der Waals surface area contributed by atoms with E-state index >= 15 is 0 Å². The van der Waals surface area contributed by atoms with Crippen molar-refractivity contribution in [1.29, 1.82) is 0 Å². The molecule has 24 heavy (non-hydrogen) atoms. The lowest BCUT2D eigenvalue weighted by Crippen LogP contribution is -2.32. The zero-order chi connectivity index (χ0) is 18.0. The molecule has 0 atom stereocenters. The van der Waals surface area contributed by atoms with Crippen molar-refractivity contribution < 1.29 is 4.79 Å². The molecule has 0 amide bonds. The van der Waals surface area contributed by atoms with E-state index < -0.39 is 0 Å². The van der Waals surface area contributed by atoms with Gasteiger partial charge in [-0.2, -0.15) is 5.10 Å². The summed E-state index contributed by atoms with van der Waals surface area (Å²) in [5.41, 5.74) is 2.10. The lowest BCUT2D eigenvalue weighted by molar-refractivity contribution is -0.120. The summed E-state index contributed by atoms with van der Waals surface area (Å²) in [5.74, 6) is 0.320. The highest BCUT2D eigenvalue weighted by molar-refractivity contribution is 8.01. The van der Waals surface area contributed by atoms with Crippen LogP contribution in [0.4, 0.5) is 0 Å². The van der Waals surface area contributed by atoms with Crippen LogP contribution in [0.3, 0.4) is 0 Å². The predicted octanol–water partition coefficient (Wildman–Crippen LogP) is 5.06. The molecule has 0 unspecified atom stereocenters. The van der Waals surface area contributed by atoms with E-state index in [2.05, 4.69) is 45.8 Å². The number of hydrogen-bond donors (Lipinski definition) is 0. The number of nitrogens with zero attached hydrogens (tertiary/aromatic N) is 2. The molecule has 1 fully saturated rings. The van der Waals surface area contributed by atoms with Crippen LogP contribution >= 0.6 is 11.8 Å². The number of aryl methyl sites for hydroxylation is 1. The first-order valence-corrected chi connectivity index (χ1v) is 10.2. The summed E-state index contributed by atoms with van der Waals surface area (Å²) < 4.78 is 1.56. The molecule has 136 valence electrons. The summed E-state index contributed by atoms with van der Waals surface area (Å²) in [6, 6.07) is 2.10. The number of rotatable bonds is 5. The fraction of sp³-hybridized carbons (Fsp3) is 0.800. The molecule has 0 aliphatic heterocycles. The Balaban J connectivity index is 2.03. The maximum atomic E-state index is 12.9. The lowest BCUT2D eigenvalue weighted by Gasteiger charge is -2.27. The summed E-state index contributed by atoms with van der Waals surface area (Å²) in [6.45, 7) is 10.7. The van der Waals surface area contributed by atoms with Crippen molar-refractivity contribution in [2.75, 3.05) is 0 Å². The number of hydrogen-bond acceptors (Lipinski definition) is 3. The van der Waals surface area contributed by atoms with Gasteiger partial charge in [0.05, 0.1) is 10.4 Å². The van der Waals surface area contributed by atoms with Gasteiger partial charge < -0.3 is 0 Å². The van der Waals surface area contributed by atoms with Gasteiger partial charge in [-0.1, -0.05) is 46.5 Å². The summed E-state index contributed by atoms with van der Waals surface area (Å²) in [6.07, 6.45) is 8.36. The highest BCUT2D eigenvalue weighted by atomic mass is 32.2. The molecule has 2 rings (SSSR count). The molecule has 0 saturated heterocycles. The second-order valence-electron chi connectivity index (χ2n) is 8.74. The van der Waals surface area contributed by atoms with Gasteiger partial charge in [0.1, 0.15) is 0 Å². The minimum atomic E-state index is -0.318. The van der Waals surface area contributed by atoms with Crippen molar-refractivity contribution in [3.8, 4) is 0 Å². The average molecular weight is 351 g/mol. The maximum absolute atomic E-state index is 12.9. The minimum absolute atomic E-state index is 0.0175. The van der Waals surface area contributed by atoms with E-state index in [1.807, 2.05) is 23.5 Å². The van der Waals surface area contributed by atoms with Crippen LogP contribution in [0.5, 0.6) is 0 Å². The Labute approximate surface area is 152 Å². The van der Waals surface area contributed by atoms with E-state index in [9.17, 15) is 4.79 Å². The Kier molecular flexibility index (Phi) is 6.22. The third-order valence-corrected chi connectivity index (χ3v) is 6.64. The normalized spacial score (nSPS) is 17.8. The third kappa shape index (κ3) is 5.11. The van der Waals surface area contributed by atoms with Crippen molar-refractivity contribution in [3.63, 3.8) is 0 Å². The van der Waals surface area contributed by atoms with Crippen LogP contribution < -0.4 is 0 Å².